The van der Waals surface area contributed by atoms with E-state index in [2.05, 4.69) is 0 Å². The molecule has 32 heavy (non-hydrogen) atoms. The highest BCUT2D eigenvalue weighted by Gasteiger charge is 2.54. The van der Waals surface area contributed by atoms with Crippen molar-refractivity contribution in [2.45, 2.75) is 25.1 Å². The molecule has 0 aromatic heterocycles. The van der Waals surface area contributed by atoms with Crippen LogP contribution < -0.4 is 0 Å². The van der Waals surface area contributed by atoms with Gasteiger partial charge in [-0.2, -0.15) is 0 Å². The molecule has 8 nitrogen and oxygen atoms in total. The van der Waals surface area contributed by atoms with Gasteiger partial charge in [-0.15, -0.1) is 0 Å². The zero-order valence-corrected chi connectivity index (χ0v) is 16.8. The molecule has 1 spiro atoms. The molecule has 5 rings (SSSR count). The van der Waals surface area contributed by atoms with Crippen LogP contribution >= 0.6 is 0 Å². The fraction of sp³-hybridized carbons (Fsp3) is 0.167. The van der Waals surface area contributed by atoms with Crippen LogP contribution in [0, 0.1) is 0 Å². The molecule has 3 N–H and O–H groups in total. The summed E-state index contributed by atoms with van der Waals surface area (Å²) in [5.74, 6) is -3.35. The molecule has 162 valence electrons. The van der Waals surface area contributed by atoms with Crippen LogP contribution in [-0.2, 0) is 23.8 Å². The third-order valence-electron chi connectivity index (χ3n) is 5.39. The van der Waals surface area contributed by atoms with E-state index < -0.39 is 29.7 Å². The molecule has 2 aromatic carbocycles. The molecular weight excluding hydrogens is 416 g/mol. The van der Waals surface area contributed by atoms with Crippen LogP contribution in [0.5, 0.6) is 11.5 Å². The Bertz CT molecular complexity index is 1130. The van der Waals surface area contributed by atoms with Crippen molar-refractivity contribution in [2.75, 3.05) is 0 Å². The van der Waals surface area contributed by atoms with E-state index in [1.807, 2.05) is 0 Å². The molecule has 1 fully saturated rings. The molecule has 2 unspecified atom stereocenters. The van der Waals surface area contributed by atoms with Gasteiger partial charge >= 0.3 is 5.97 Å². The summed E-state index contributed by atoms with van der Waals surface area (Å²) in [7, 11) is 0. The SMILES string of the molecule is CC(O)C1C=CC2(OC3=C(c4ccc(O)cc4)C(=O)C(=O)C(c4ccc(O)cc4)=C3O2)O1. The maximum absolute atomic E-state index is 13.2. The van der Waals surface area contributed by atoms with Gasteiger partial charge in [0.05, 0.1) is 17.3 Å². The zero-order chi connectivity index (χ0) is 22.6. The number of carbonyl (C=O) groups is 2. The van der Waals surface area contributed by atoms with Gasteiger partial charge in [-0.05, 0) is 48.4 Å². The summed E-state index contributed by atoms with van der Waals surface area (Å²) in [6.07, 6.45) is 1.49. The molecule has 2 aromatic rings. The van der Waals surface area contributed by atoms with E-state index in [0.717, 1.165) is 0 Å². The normalized spacial score (nSPS) is 22.2. The maximum atomic E-state index is 13.2. The molecule has 3 aliphatic rings. The first-order chi connectivity index (χ1) is 15.3. The molecule has 0 amide bonds. The van der Waals surface area contributed by atoms with Crippen LogP contribution in [0.25, 0.3) is 11.1 Å². The second-order valence-corrected chi connectivity index (χ2v) is 7.65. The van der Waals surface area contributed by atoms with Gasteiger partial charge < -0.3 is 24.8 Å². The molecule has 0 bridgehead atoms. The summed E-state index contributed by atoms with van der Waals surface area (Å²) in [5.41, 5.74) is 0.657. The predicted octanol–water partition coefficient (Wildman–Crippen LogP) is 2.41. The van der Waals surface area contributed by atoms with E-state index in [9.17, 15) is 24.9 Å². The van der Waals surface area contributed by atoms with Crippen LogP contribution in [0.4, 0.5) is 0 Å². The van der Waals surface area contributed by atoms with E-state index in [-0.39, 0.29) is 34.2 Å². The van der Waals surface area contributed by atoms with E-state index in [1.54, 1.807) is 13.0 Å². The Kier molecular flexibility index (Phi) is 4.44. The Balaban J connectivity index is 1.72. The number of aliphatic hydroxyl groups is 1. The number of hydrogen-bond acceptors (Lipinski definition) is 8. The Labute approximate surface area is 182 Å². The summed E-state index contributed by atoms with van der Waals surface area (Å²) in [5, 5.41) is 29.1. The molecule has 8 heteroatoms. The van der Waals surface area contributed by atoms with E-state index in [0.29, 0.717) is 11.1 Å². The summed E-state index contributed by atoms with van der Waals surface area (Å²) in [4.78, 5) is 26.4. The third kappa shape index (κ3) is 3.08. The van der Waals surface area contributed by atoms with Crippen LogP contribution in [0.15, 0.2) is 72.2 Å². The summed E-state index contributed by atoms with van der Waals surface area (Å²) in [6.45, 7) is 1.55. The summed E-state index contributed by atoms with van der Waals surface area (Å²) < 4.78 is 17.7. The number of aromatic hydroxyl groups is 2. The van der Waals surface area contributed by atoms with Gasteiger partial charge in [-0.3, -0.25) is 14.3 Å². The van der Waals surface area contributed by atoms with Gasteiger partial charge in [-0.1, -0.05) is 24.3 Å². The van der Waals surface area contributed by atoms with E-state index in [1.165, 1.54) is 54.6 Å². The van der Waals surface area contributed by atoms with Crippen molar-refractivity contribution in [3.8, 4) is 11.5 Å². The number of phenolic OH excluding ortho intramolecular Hbond substituents is 2. The van der Waals surface area contributed by atoms with Crippen LogP contribution in [0.2, 0.25) is 0 Å². The summed E-state index contributed by atoms with van der Waals surface area (Å²) in [6, 6.07) is 11.5. The lowest BCUT2D eigenvalue weighted by Gasteiger charge is -2.22. The zero-order valence-electron chi connectivity index (χ0n) is 16.8. The first-order valence-corrected chi connectivity index (χ1v) is 9.88. The smallest absolute Gasteiger partial charge is 0.395 e. The van der Waals surface area contributed by atoms with Crippen LogP contribution in [0.1, 0.15) is 18.1 Å². The Hall–Kier alpha value is -3.88. The number of rotatable bonds is 3. The Morgan fingerprint density at radius 3 is 1.62 bits per heavy atom. The van der Waals surface area contributed by atoms with Gasteiger partial charge in [0.2, 0.25) is 11.6 Å². The third-order valence-corrected chi connectivity index (χ3v) is 5.39. The number of ketones is 2. The van der Waals surface area contributed by atoms with Gasteiger partial charge in [-0.25, -0.2) is 0 Å². The molecule has 0 saturated carbocycles. The van der Waals surface area contributed by atoms with E-state index in [4.69, 9.17) is 14.2 Å². The number of carbonyl (C=O) groups excluding carboxylic acids is 2. The predicted molar refractivity (Wildman–Crippen MR) is 111 cm³/mol. The maximum Gasteiger partial charge on any atom is 0.395 e. The van der Waals surface area contributed by atoms with Crippen molar-refractivity contribution < 1.29 is 39.1 Å². The lowest BCUT2D eigenvalue weighted by Crippen LogP contribution is -2.33. The van der Waals surface area contributed by atoms with Gasteiger partial charge in [0, 0.05) is 6.08 Å². The fourth-order valence-corrected chi connectivity index (χ4v) is 3.80. The number of allylic oxidation sites excluding steroid dienone is 2. The molecule has 0 radical (unpaired) electrons. The second kappa shape index (κ2) is 7.08. The first-order valence-electron chi connectivity index (χ1n) is 9.88. The first kappa shape index (κ1) is 20.0. The monoisotopic (exact) mass is 434 g/mol. The van der Waals surface area contributed by atoms with Crippen molar-refractivity contribution >= 4 is 22.7 Å². The number of hydrogen-bond donors (Lipinski definition) is 3. The molecule has 2 aliphatic heterocycles. The minimum absolute atomic E-state index is 0.00335. The number of fused-ring (bicyclic) bond motifs is 1. The minimum Gasteiger partial charge on any atom is -0.508 e. The average molecular weight is 434 g/mol. The Morgan fingerprint density at radius 1 is 0.812 bits per heavy atom. The highest BCUT2D eigenvalue weighted by molar-refractivity contribution is 6.66. The van der Waals surface area contributed by atoms with Crippen molar-refractivity contribution in [2.24, 2.45) is 0 Å². The second-order valence-electron chi connectivity index (χ2n) is 7.65. The average Bonchev–Trinajstić information content (AvgIpc) is 3.35. The van der Waals surface area contributed by atoms with Gasteiger partial charge in [0.15, 0.2) is 11.5 Å². The largest absolute Gasteiger partial charge is 0.508 e. The van der Waals surface area contributed by atoms with Gasteiger partial charge in [0.1, 0.15) is 17.6 Å². The molecule has 1 aliphatic carbocycles. The van der Waals surface area contributed by atoms with Crippen molar-refractivity contribution in [1.29, 1.82) is 0 Å². The number of benzene rings is 2. The number of phenols is 2. The number of ether oxygens (including phenoxy) is 3. The molecule has 1 saturated heterocycles. The minimum atomic E-state index is -1.75. The van der Waals surface area contributed by atoms with Crippen molar-refractivity contribution in [1.82, 2.24) is 0 Å². The molecular formula is C24H18O8. The highest BCUT2D eigenvalue weighted by atomic mass is 16.9. The fourth-order valence-electron chi connectivity index (χ4n) is 3.80. The number of Topliss-reactive ketones (excluding diaryl/α,β-unsaturated/α-hetero) is 2. The van der Waals surface area contributed by atoms with Crippen LogP contribution in [-0.4, -0.2) is 45.1 Å². The van der Waals surface area contributed by atoms with Crippen molar-refractivity contribution in [3.63, 3.8) is 0 Å². The standard InChI is InChI=1S/C24H18O8/c1-12(25)17-10-11-24(30-17)31-22-18(13-2-6-15(26)7-3-13)20(28)21(29)19(23(22)32-24)14-4-8-16(27)9-5-14/h2-12,17,25-27H,1H3. The summed E-state index contributed by atoms with van der Waals surface area (Å²) >= 11 is 0. The van der Waals surface area contributed by atoms with E-state index >= 15 is 0 Å². The highest BCUT2D eigenvalue weighted by Crippen LogP contribution is 2.49. The topological polar surface area (TPSA) is 123 Å². The van der Waals surface area contributed by atoms with Crippen LogP contribution in [0.3, 0.4) is 0 Å². The lowest BCUT2D eigenvalue weighted by atomic mass is 9.85. The quantitative estimate of drug-likeness (QED) is 0.382. The molecule has 2 atom stereocenters. The Morgan fingerprint density at radius 2 is 1.25 bits per heavy atom. The lowest BCUT2D eigenvalue weighted by molar-refractivity contribution is -0.292. The van der Waals surface area contributed by atoms with Crippen molar-refractivity contribution in [3.05, 3.63) is 83.3 Å². The molecule has 2 heterocycles. The van der Waals surface area contributed by atoms with Gasteiger partial charge in [0.25, 0.3) is 0 Å². The number of aliphatic hydroxyl groups excluding tert-OH is 1.